The molecule has 30 heavy (non-hydrogen) atoms. The molecule has 3 unspecified atom stereocenters. The first kappa shape index (κ1) is 18.4. The van der Waals surface area contributed by atoms with Crippen molar-refractivity contribution in [1.29, 1.82) is 0 Å². The predicted molar refractivity (Wildman–Crippen MR) is 119 cm³/mol. The molecule has 5 fully saturated rings. The zero-order chi connectivity index (χ0) is 20.1. The van der Waals surface area contributed by atoms with Crippen LogP contribution < -0.4 is 5.43 Å². The molecule has 4 bridgehead atoms. The van der Waals surface area contributed by atoms with E-state index in [1.165, 1.54) is 48.9 Å². The van der Waals surface area contributed by atoms with Gasteiger partial charge >= 0.3 is 0 Å². The van der Waals surface area contributed by atoms with Crippen molar-refractivity contribution in [2.45, 2.75) is 50.4 Å². The van der Waals surface area contributed by atoms with Gasteiger partial charge in [-0.2, -0.15) is 5.10 Å². The van der Waals surface area contributed by atoms with Crippen molar-refractivity contribution < 1.29 is 4.79 Å². The fraction of sp³-hybridized carbons (Fsp3) is 0.481. The van der Waals surface area contributed by atoms with Gasteiger partial charge in [0, 0.05) is 11.1 Å². The van der Waals surface area contributed by atoms with Crippen LogP contribution in [-0.2, 0) is 10.2 Å². The van der Waals surface area contributed by atoms with Crippen LogP contribution in [-0.4, -0.2) is 11.6 Å². The van der Waals surface area contributed by atoms with Gasteiger partial charge in [0.25, 0.3) is 0 Å². The largest absolute Gasteiger partial charge is 0.273 e. The molecule has 0 saturated heterocycles. The molecule has 3 heteroatoms. The van der Waals surface area contributed by atoms with Crippen LogP contribution in [0.15, 0.2) is 65.8 Å². The second-order valence-corrected chi connectivity index (χ2v) is 10.2. The average molecular weight is 399 g/mol. The van der Waals surface area contributed by atoms with E-state index in [2.05, 4.69) is 54.0 Å². The van der Waals surface area contributed by atoms with Crippen molar-refractivity contribution in [2.24, 2.45) is 34.7 Å². The lowest BCUT2D eigenvalue weighted by Gasteiger charge is -2.37. The molecule has 7 rings (SSSR count). The third kappa shape index (κ3) is 3.02. The summed E-state index contributed by atoms with van der Waals surface area (Å²) in [5, 5.41) is 4.77. The molecule has 5 aliphatic rings. The normalized spacial score (nSPS) is 34.5. The van der Waals surface area contributed by atoms with Gasteiger partial charge in [-0.25, -0.2) is 5.43 Å². The van der Waals surface area contributed by atoms with Gasteiger partial charge in [-0.15, -0.1) is 0 Å². The summed E-state index contributed by atoms with van der Waals surface area (Å²) < 4.78 is 0. The predicted octanol–water partition coefficient (Wildman–Crippen LogP) is 5.31. The Labute approximate surface area is 179 Å². The van der Waals surface area contributed by atoms with Gasteiger partial charge in [-0.05, 0) is 79.7 Å². The van der Waals surface area contributed by atoms with Crippen molar-refractivity contribution in [2.75, 3.05) is 0 Å². The lowest BCUT2D eigenvalue weighted by Crippen LogP contribution is -2.30. The van der Waals surface area contributed by atoms with E-state index in [4.69, 9.17) is 5.10 Å². The Morgan fingerprint density at radius 1 is 0.800 bits per heavy atom. The van der Waals surface area contributed by atoms with Crippen LogP contribution in [0.3, 0.4) is 0 Å². The number of nitrogens with zero attached hydrogens (tertiary/aromatic N) is 1. The monoisotopic (exact) mass is 398 g/mol. The number of benzene rings is 2. The van der Waals surface area contributed by atoms with E-state index >= 15 is 0 Å². The molecule has 0 aliphatic heterocycles. The highest BCUT2D eigenvalue weighted by Crippen LogP contribution is 2.59. The molecule has 154 valence electrons. The molecular weight excluding hydrogens is 368 g/mol. The van der Waals surface area contributed by atoms with Gasteiger partial charge in [0.15, 0.2) is 0 Å². The fourth-order valence-corrected chi connectivity index (χ4v) is 7.09. The zero-order valence-corrected chi connectivity index (χ0v) is 17.5. The van der Waals surface area contributed by atoms with E-state index in [9.17, 15) is 4.79 Å². The maximum Gasteiger partial charge on any atom is 0.244 e. The minimum absolute atomic E-state index is 0.0507. The van der Waals surface area contributed by atoms with E-state index in [1.807, 2.05) is 12.1 Å². The molecule has 0 aromatic heterocycles. The van der Waals surface area contributed by atoms with Gasteiger partial charge in [-0.3, -0.25) is 4.79 Å². The molecule has 5 saturated carbocycles. The molecule has 1 amide bonds. The Bertz CT molecular complexity index is 913. The lowest BCUT2D eigenvalue weighted by atomic mass is 9.68. The standard InChI is InChI=1S/C27H30N2O/c30-26(29-28-25-16-20-12-18-11-19(13-20)15-21(25)14-18)24-17-27(24,22-7-3-1-4-8-22)23-9-5-2-6-10-23/h1-10,18-21,24H,11-17H2,(H,29,30)/b28-25+. The molecule has 2 aromatic rings. The molecule has 3 nitrogen and oxygen atoms in total. The van der Waals surface area contributed by atoms with Crippen LogP contribution in [0, 0.1) is 29.6 Å². The van der Waals surface area contributed by atoms with Crippen molar-refractivity contribution in [3.05, 3.63) is 71.8 Å². The maximum absolute atomic E-state index is 13.2. The summed E-state index contributed by atoms with van der Waals surface area (Å²) in [6.07, 6.45) is 8.75. The topological polar surface area (TPSA) is 41.5 Å². The maximum atomic E-state index is 13.2. The van der Waals surface area contributed by atoms with E-state index in [1.54, 1.807) is 0 Å². The number of carbonyl (C=O) groups excluding carboxylic acids is 1. The molecule has 2 aromatic carbocycles. The second-order valence-electron chi connectivity index (χ2n) is 10.2. The van der Waals surface area contributed by atoms with Gasteiger partial charge < -0.3 is 0 Å². The van der Waals surface area contributed by atoms with E-state index in [0.29, 0.717) is 5.92 Å². The molecule has 0 radical (unpaired) electrons. The number of amides is 1. The van der Waals surface area contributed by atoms with Crippen LogP contribution in [0.1, 0.15) is 56.1 Å². The summed E-state index contributed by atoms with van der Waals surface area (Å²) in [6.45, 7) is 0. The van der Waals surface area contributed by atoms with Crippen molar-refractivity contribution in [3.8, 4) is 0 Å². The summed E-state index contributed by atoms with van der Waals surface area (Å²) in [5.74, 6) is 3.25. The number of rotatable bonds is 4. The first-order valence-electron chi connectivity index (χ1n) is 11.7. The van der Waals surface area contributed by atoms with Gasteiger partial charge in [0.05, 0.1) is 5.92 Å². The first-order chi connectivity index (χ1) is 14.7. The highest BCUT2D eigenvalue weighted by atomic mass is 16.2. The Morgan fingerprint density at radius 3 is 1.97 bits per heavy atom. The van der Waals surface area contributed by atoms with Gasteiger partial charge in [0.1, 0.15) is 0 Å². The highest BCUT2D eigenvalue weighted by molar-refractivity contribution is 5.91. The number of carbonyl (C=O) groups is 1. The molecule has 3 atom stereocenters. The summed E-state index contributed by atoms with van der Waals surface area (Å²) in [7, 11) is 0. The summed E-state index contributed by atoms with van der Waals surface area (Å²) in [6, 6.07) is 21.0. The lowest BCUT2D eigenvalue weighted by molar-refractivity contribution is -0.122. The quantitative estimate of drug-likeness (QED) is 0.697. The molecule has 0 spiro atoms. The number of fused-ring (bicyclic) bond motifs is 1. The number of hydrogen-bond acceptors (Lipinski definition) is 2. The Hall–Kier alpha value is -2.42. The zero-order valence-electron chi connectivity index (χ0n) is 17.5. The highest BCUT2D eigenvalue weighted by Gasteiger charge is 2.60. The SMILES string of the molecule is O=C(N/N=C1\CC2CC3CC(C2)CC1C3)C1CC1(c1ccccc1)c1ccccc1. The van der Waals surface area contributed by atoms with E-state index in [0.717, 1.165) is 30.6 Å². The molecule has 1 N–H and O–H groups in total. The Balaban J connectivity index is 1.24. The Morgan fingerprint density at radius 2 is 1.37 bits per heavy atom. The fourth-order valence-electron chi connectivity index (χ4n) is 7.09. The van der Waals surface area contributed by atoms with Crippen molar-refractivity contribution >= 4 is 11.6 Å². The minimum atomic E-state index is -0.215. The minimum Gasteiger partial charge on any atom is -0.273 e. The summed E-state index contributed by atoms with van der Waals surface area (Å²) in [5.41, 5.74) is 6.56. The van der Waals surface area contributed by atoms with E-state index < -0.39 is 0 Å². The van der Waals surface area contributed by atoms with Gasteiger partial charge in [-0.1, -0.05) is 60.7 Å². The smallest absolute Gasteiger partial charge is 0.244 e. The van der Waals surface area contributed by atoms with Crippen LogP contribution in [0.25, 0.3) is 0 Å². The molecule has 5 aliphatic carbocycles. The molecule has 0 heterocycles. The third-order valence-corrected chi connectivity index (χ3v) is 8.37. The number of nitrogens with one attached hydrogen (secondary N) is 1. The number of hydrazone groups is 1. The van der Waals surface area contributed by atoms with Crippen LogP contribution >= 0.6 is 0 Å². The van der Waals surface area contributed by atoms with Gasteiger partial charge in [0.2, 0.25) is 5.91 Å². The van der Waals surface area contributed by atoms with E-state index in [-0.39, 0.29) is 17.2 Å². The summed E-state index contributed by atoms with van der Waals surface area (Å²) >= 11 is 0. The first-order valence-corrected chi connectivity index (χ1v) is 11.7. The molecular formula is C27H30N2O. The number of hydrogen-bond donors (Lipinski definition) is 1. The second kappa shape index (κ2) is 7.08. The van der Waals surface area contributed by atoms with Crippen LogP contribution in [0.5, 0.6) is 0 Å². The average Bonchev–Trinajstić information content (AvgIpc) is 3.56. The van der Waals surface area contributed by atoms with Crippen molar-refractivity contribution in [1.82, 2.24) is 5.43 Å². The van der Waals surface area contributed by atoms with Crippen LogP contribution in [0.2, 0.25) is 0 Å². The summed E-state index contributed by atoms with van der Waals surface area (Å²) in [4.78, 5) is 13.2. The van der Waals surface area contributed by atoms with Crippen molar-refractivity contribution in [3.63, 3.8) is 0 Å². The Kier molecular flexibility index (Phi) is 4.33. The third-order valence-electron chi connectivity index (χ3n) is 8.37. The van der Waals surface area contributed by atoms with Crippen LogP contribution in [0.4, 0.5) is 0 Å².